The van der Waals surface area contributed by atoms with Gasteiger partial charge in [0.1, 0.15) is 36.9 Å². The number of ether oxygens (including phenoxy) is 2. The molecule has 6 aromatic rings. The third-order valence-electron chi connectivity index (χ3n) is 12.2. The van der Waals surface area contributed by atoms with Crippen molar-refractivity contribution in [1.82, 2.24) is 20.6 Å². The summed E-state index contributed by atoms with van der Waals surface area (Å²) >= 11 is 0. The van der Waals surface area contributed by atoms with Gasteiger partial charge < -0.3 is 40.1 Å². The average Bonchev–Trinajstić information content (AvgIpc) is 4.02. The molecule has 70 heavy (non-hydrogen) atoms. The fourth-order valence-corrected chi connectivity index (χ4v) is 8.80. The van der Waals surface area contributed by atoms with E-state index < -0.39 is 11.9 Å². The minimum atomic E-state index is -0.862. The van der Waals surface area contributed by atoms with Gasteiger partial charge in [0.25, 0.3) is 11.8 Å². The largest absolute Gasteiger partial charge is 0.488 e. The molecule has 16 nitrogen and oxygen atoms in total. The molecule has 2 aliphatic heterocycles. The van der Waals surface area contributed by atoms with E-state index in [1.54, 1.807) is 58.6 Å². The number of rotatable bonds is 21. The summed E-state index contributed by atoms with van der Waals surface area (Å²) in [5.41, 5.74) is 10.3. The molecule has 0 fully saturated rings. The highest BCUT2D eigenvalue weighted by Crippen LogP contribution is 2.43. The first-order valence-electron chi connectivity index (χ1n) is 23.0. The van der Waals surface area contributed by atoms with Crippen LogP contribution in [0.2, 0.25) is 0 Å². The first kappa shape index (κ1) is 48.0. The van der Waals surface area contributed by atoms with Gasteiger partial charge in [-0.05, 0) is 110 Å². The zero-order valence-corrected chi connectivity index (χ0v) is 38.3. The van der Waals surface area contributed by atoms with Crippen LogP contribution in [0.15, 0.2) is 110 Å². The van der Waals surface area contributed by atoms with Gasteiger partial charge in [-0.3, -0.25) is 29.1 Å². The van der Waals surface area contributed by atoms with Crippen LogP contribution >= 0.6 is 0 Å². The highest BCUT2D eigenvalue weighted by molar-refractivity contribution is 6.09. The second-order valence-electron chi connectivity index (χ2n) is 17.0. The summed E-state index contributed by atoms with van der Waals surface area (Å²) in [6.07, 6.45) is 8.44. The van der Waals surface area contributed by atoms with Crippen LogP contribution in [-0.4, -0.2) is 70.1 Å². The van der Waals surface area contributed by atoms with Gasteiger partial charge in [0.2, 0.25) is 0 Å². The van der Waals surface area contributed by atoms with E-state index in [-0.39, 0.29) is 37.9 Å². The lowest BCUT2D eigenvalue weighted by atomic mass is 9.93. The summed E-state index contributed by atoms with van der Waals surface area (Å²) < 4.78 is 12.5. The average molecular weight is 939 g/mol. The van der Waals surface area contributed by atoms with Gasteiger partial charge in [-0.25, -0.2) is 0 Å². The van der Waals surface area contributed by atoms with Gasteiger partial charge in [0.05, 0.1) is 11.1 Å². The van der Waals surface area contributed by atoms with Crippen LogP contribution in [0.1, 0.15) is 90.9 Å². The van der Waals surface area contributed by atoms with E-state index in [0.29, 0.717) is 110 Å². The monoisotopic (exact) mass is 938 g/mol. The SMILES string of the molecule is N#Cc1cncc(COc2cc(C(=O)N3CCc4c(-c5cccc6c5CCN6C(=O)c5ccc(CNCCCC(=O)O)c(OCc6cncc(C#N)c6)c5)cccc43)ccc2CNCCCC(=O)O)c1. The van der Waals surface area contributed by atoms with Crippen LogP contribution in [-0.2, 0) is 48.7 Å². The highest BCUT2D eigenvalue weighted by atomic mass is 16.5. The van der Waals surface area contributed by atoms with E-state index in [2.05, 4.69) is 44.9 Å². The van der Waals surface area contributed by atoms with Crippen LogP contribution in [0.3, 0.4) is 0 Å². The van der Waals surface area contributed by atoms with E-state index >= 15 is 0 Å². The number of amides is 2. The normalized spacial score (nSPS) is 12.4. The maximum atomic E-state index is 14.4. The van der Waals surface area contributed by atoms with E-state index in [1.165, 1.54) is 12.4 Å². The van der Waals surface area contributed by atoms with Crippen LogP contribution < -0.4 is 29.9 Å². The number of carbonyl (C=O) groups is 4. The number of carboxylic acid groups (broad SMARTS) is 2. The predicted octanol–water partition coefficient (Wildman–Crippen LogP) is 7.36. The molecule has 0 atom stereocenters. The Morgan fingerprint density at radius 3 is 1.46 bits per heavy atom. The van der Waals surface area contributed by atoms with Crippen molar-refractivity contribution in [3.8, 4) is 34.8 Å². The lowest BCUT2D eigenvalue weighted by molar-refractivity contribution is -0.138. The molecule has 0 bridgehead atoms. The number of aliphatic carboxylic acids is 2. The molecule has 8 rings (SSSR count). The van der Waals surface area contributed by atoms with Crippen LogP contribution in [0.4, 0.5) is 11.4 Å². The zero-order valence-electron chi connectivity index (χ0n) is 38.3. The first-order valence-corrected chi connectivity index (χ1v) is 23.0. The summed E-state index contributed by atoms with van der Waals surface area (Å²) in [4.78, 5) is 62.8. The molecule has 2 amide bonds. The molecule has 16 heteroatoms. The van der Waals surface area contributed by atoms with Crippen LogP contribution in [0.5, 0.6) is 11.5 Å². The Balaban J connectivity index is 1.01. The number of hydrogen-bond acceptors (Lipinski definition) is 12. The third kappa shape index (κ3) is 11.4. The second kappa shape index (κ2) is 22.6. The van der Waals surface area contributed by atoms with Gasteiger partial charge in [0, 0.05) is 109 Å². The van der Waals surface area contributed by atoms with Crippen molar-refractivity contribution >= 4 is 35.1 Å². The van der Waals surface area contributed by atoms with Crippen molar-refractivity contribution in [2.75, 3.05) is 36.0 Å². The molecule has 2 aromatic heterocycles. The summed E-state index contributed by atoms with van der Waals surface area (Å²) in [5.74, 6) is -1.15. The number of nitrogens with zero attached hydrogens (tertiary/aromatic N) is 6. The number of aromatic nitrogens is 2. The van der Waals surface area contributed by atoms with Crippen LogP contribution in [0, 0.1) is 22.7 Å². The topological polar surface area (TPSA) is 231 Å². The molecule has 0 radical (unpaired) electrons. The predicted molar refractivity (Wildman–Crippen MR) is 259 cm³/mol. The number of carbonyl (C=O) groups excluding carboxylic acids is 2. The quantitative estimate of drug-likeness (QED) is 0.0517. The Hall–Kier alpha value is -8.44. The van der Waals surface area contributed by atoms with Gasteiger partial charge in [-0.15, -0.1) is 0 Å². The molecular weight excluding hydrogens is 889 g/mol. The number of nitrogens with one attached hydrogen (secondary N) is 2. The van der Waals surface area contributed by atoms with Gasteiger partial charge in [0.15, 0.2) is 0 Å². The molecule has 0 unspecified atom stereocenters. The molecule has 354 valence electrons. The third-order valence-corrected chi connectivity index (χ3v) is 12.2. The Bertz CT molecular complexity index is 2830. The lowest BCUT2D eigenvalue weighted by Gasteiger charge is -2.21. The van der Waals surface area contributed by atoms with Crippen molar-refractivity contribution in [2.45, 2.75) is 64.8 Å². The first-order chi connectivity index (χ1) is 34.1. The molecular formula is C54H50N8O8. The standard InChI is InChI=1S/C54H50N8O8/c55-25-35-21-37(29-59-27-35)33-69-49-23-39(11-13-41(49)31-57-17-3-9-51(63)64)53(67)61-19-15-45-43(5-1-7-47(45)61)44-6-2-8-48-46(44)16-20-62(48)54(68)40-12-14-42(32-58-18-4-10-52(65)66)50(24-40)70-34-38-22-36(26-56)28-60-30-38/h1-2,5-8,11-14,21-24,27-30,57-58H,3-4,9-10,15-20,31-34H2,(H,63,64)(H,65,66). The second-order valence-corrected chi connectivity index (χ2v) is 17.0. The lowest BCUT2D eigenvalue weighted by Crippen LogP contribution is -2.29. The van der Waals surface area contributed by atoms with Crippen molar-refractivity contribution in [1.29, 1.82) is 10.5 Å². The molecule has 0 aliphatic carbocycles. The minimum absolute atomic E-state index is 0.0469. The van der Waals surface area contributed by atoms with Crippen LogP contribution in [0.25, 0.3) is 11.1 Å². The number of fused-ring (bicyclic) bond motifs is 2. The summed E-state index contributed by atoms with van der Waals surface area (Å²) in [6.45, 7) is 2.88. The van der Waals surface area contributed by atoms with E-state index in [0.717, 1.165) is 44.8 Å². The minimum Gasteiger partial charge on any atom is -0.488 e. The fraction of sp³-hybridized carbons (Fsp3) is 0.259. The molecule has 0 saturated heterocycles. The molecule has 4 heterocycles. The molecule has 4 N–H and O–H groups in total. The van der Waals surface area contributed by atoms with E-state index in [9.17, 15) is 29.7 Å². The number of nitriles is 2. The van der Waals surface area contributed by atoms with Gasteiger partial charge in [-0.2, -0.15) is 10.5 Å². The van der Waals surface area contributed by atoms with Crippen molar-refractivity contribution in [3.63, 3.8) is 0 Å². The smallest absolute Gasteiger partial charge is 0.303 e. The molecule has 4 aromatic carbocycles. The zero-order chi connectivity index (χ0) is 49.0. The van der Waals surface area contributed by atoms with Crippen molar-refractivity contribution < 1.29 is 38.9 Å². The van der Waals surface area contributed by atoms with Crippen molar-refractivity contribution in [2.24, 2.45) is 0 Å². The Labute approximate surface area is 404 Å². The number of hydrogen-bond donors (Lipinski definition) is 4. The molecule has 0 saturated carbocycles. The fourth-order valence-electron chi connectivity index (χ4n) is 8.80. The van der Waals surface area contributed by atoms with E-state index in [4.69, 9.17) is 19.7 Å². The van der Waals surface area contributed by atoms with E-state index in [1.807, 2.05) is 36.4 Å². The molecule has 2 aliphatic rings. The summed E-state index contributed by atoms with van der Waals surface area (Å²) in [6, 6.07) is 30.2. The maximum Gasteiger partial charge on any atom is 0.303 e. The molecule has 0 spiro atoms. The Morgan fingerprint density at radius 2 is 1.04 bits per heavy atom. The van der Waals surface area contributed by atoms with Gasteiger partial charge in [-0.1, -0.05) is 36.4 Å². The van der Waals surface area contributed by atoms with Gasteiger partial charge >= 0.3 is 11.9 Å². The summed E-state index contributed by atoms with van der Waals surface area (Å²) in [5, 5.41) is 43.4. The maximum absolute atomic E-state index is 14.4. The number of pyridine rings is 2. The number of carboxylic acids is 2. The van der Waals surface area contributed by atoms with Crippen molar-refractivity contribution in [3.05, 3.63) is 165 Å². The Kier molecular flexibility index (Phi) is 15.5. The number of anilines is 2. The summed E-state index contributed by atoms with van der Waals surface area (Å²) in [7, 11) is 0. The highest BCUT2D eigenvalue weighted by Gasteiger charge is 2.32. The number of benzene rings is 4. The Morgan fingerprint density at radius 1 is 0.600 bits per heavy atom.